The minimum absolute atomic E-state index is 0. The predicted molar refractivity (Wildman–Crippen MR) is 14.0 cm³/mol. The number of hydrogen-bond donors (Lipinski definition) is 1. The van der Waals surface area contributed by atoms with Gasteiger partial charge in [0.1, 0.15) is 0 Å². The Morgan fingerprint density at radius 1 is 0.818 bits per heavy atom. The molecule has 0 spiro atoms. The molecule has 4 nitrogen and oxygen atoms in total. The quantitative estimate of drug-likeness (QED) is 0.534. The summed E-state index contributed by atoms with van der Waals surface area (Å²) in [6, 6.07) is 0. The molecule has 0 saturated carbocycles. The summed E-state index contributed by atoms with van der Waals surface area (Å²) >= 11 is -16.6. The number of rotatable bonds is 0. The summed E-state index contributed by atoms with van der Waals surface area (Å²) in [6.07, 6.45) is 0. The van der Waals surface area contributed by atoms with Crippen molar-refractivity contribution in [3.8, 4) is 0 Å². The molecule has 0 atom stereocenters. The third-order valence-corrected chi connectivity index (χ3v) is 0. The second-order valence-electron chi connectivity index (χ2n) is 2.42. The Morgan fingerprint density at radius 2 is 0.818 bits per heavy atom. The molecule has 0 rings (SSSR count). The molecule has 0 amide bonds. The van der Waals surface area contributed by atoms with E-state index in [0.717, 1.165) is 0 Å². The molecule has 0 aromatic rings. The average molecular weight is 273 g/mol. The van der Waals surface area contributed by atoms with Crippen LogP contribution in [0.5, 0.6) is 0 Å². The van der Waals surface area contributed by atoms with Gasteiger partial charge in [-0.3, -0.25) is 0 Å². The van der Waals surface area contributed by atoms with Gasteiger partial charge in [-0.05, 0) is 0 Å². The van der Waals surface area contributed by atoms with Crippen LogP contribution in [0.2, 0.25) is 0 Å². The Morgan fingerprint density at radius 3 is 0.818 bits per heavy atom. The monoisotopic (exact) mass is 273 g/mol. The predicted octanol–water partition coefficient (Wildman–Crippen LogP) is 1.47. The Hall–Kier alpha value is -0.160. The van der Waals surface area contributed by atoms with Crippen LogP contribution < -0.4 is 9.77 Å². The van der Waals surface area contributed by atoms with Crippen molar-refractivity contribution in [2.45, 2.75) is 0 Å². The fourth-order valence-electron chi connectivity index (χ4n) is 0. The van der Waals surface area contributed by atoms with Crippen LogP contribution in [0, 0.1) is 0 Å². The van der Waals surface area contributed by atoms with Gasteiger partial charge in [0.05, 0.1) is 0 Å². The third kappa shape index (κ3) is 23700. The summed E-state index contributed by atoms with van der Waals surface area (Å²) in [4.78, 5) is 0. The SMILES string of the molecule is [NH4+].[O]=[Nb](=[O])([O-])([F])([F])([F])([F])([F])[F]. The van der Waals surface area contributed by atoms with Crippen molar-refractivity contribution in [3.63, 3.8) is 0 Å². The molecule has 11 heteroatoms. The van der Waals surface area contributed by atoms with Gasteiger partial charge in [-0.2, -0.15) is 0 Å². The summed E-state index contributed by atoms with van der Waals surface area (Å²) < 4.78 is 85.8. The third-order valence-electron chi connectivity index (χ3n) is 0. The van der Waals surface area contributed by atoms with E-state index in [-0.39, 0.29) is 6.15 Å². The van der Waals surface area contributed by atoms with Crippen LogP contribution in [0.25, 0.3) is 0 Å². The first kappa shape index (κ1) is 13.4. The van der Waals surface area contributed by atoms with Gasteiger partial charge in [-0.25, -0.2) is 0 Å². The van der Waals surface area contributed by atoms with E-state index in [2.05, 4.69) is 0 Å². The zero-order valence-corrected chi connectivity index (χ0v) is 7.14. The van der Waals surface area contributed by atoms with Crippen molar-refractivity contribution >= 4 is 0 Å². The molecule has 74 valence electrons. The van der Waals surface area contributed by atoms with E-state index in [1.165, 1.54) is 0 Å². The first-order valence-corrected chi connectivity index (χ1v) is 9.24. The fraction of sp³-hybridized carbons (Fsp3) is 0. The first-order valence-electron chi connectivity index (χ1n) is 1.56. The molecule has 0 saturated heterocycles. The van der Waals surface area contributed by atoms with E-state index in [9.17, 15) is 18.1 Å². The topological polar surface area (TPSA) is 93.7 Å². The van der Waals surface area contributed by atoms with E-state index < -0.39 is 14.2 Å². The molecule has 11 heavy (non-hydrogen) atoms. The summed E-state index contributed by atoms with van der Waals surface area (Å²) in [6.45, 7) is 0. The Bertz CT molecular complexity index is 417. The first-order chi connectivity index (χ1) is 3.00. The van der Waals surface area contributed by atoms with Gasteiger partial charge in [0.2, 0.25) is 0 Å². The Labute approximate surface area is 49.4 Å². The number of hydrogen-bond acceptors (Lipinski definition) is 3. The maximum atomic E-state index is 10.3. The van der Waals surface area contributed by atoms with Crippen molar-refractivity contribution in [1.82, 2.24) is 6.15 Å². The molecule has 0 unspecified atom stereocenters. The molecular weight excluding hydrogens is 269 g/mol. The summed E-state index contributed by atoms with van der Waals surface area (Å²) in [5, 5.41) is 0. The van der Waals surface area contributed by atoms with E-state index in [1.807, 2.05) is 0 Å². The number of halogens is 6. The molecular formula is H4F6NNbO3. The zero-order chi connectivity index (χ0) is 9.33. The van der Waals surface area contributed by atoms with Crippen LogP contribution in [0.1, 0.15) is 0 Å². The van der Waals surface area contributed by atoms with E-state index in [4.69, 9.17) is 10.1 Å². The molecule has 0 bridgehead atoms. The van der Waals surface area contributed by atoms with Crippen molar-refractivity contribution in [2.24, 2.45) is 0 Å². The van der Waals surface area contributed by atoms with Crippen molar-refractivity contribution < 1.29 is 42.5 Å². The van der Waals surface area contributed by atoms with E-state index in [0.29, 0.717) is 0 Å². The number of quaternary nitrogens is 1. The van der Waals surface area contributed by atoms with E-state index in [1.54, 1.807) is 0 Å². The summed E-state index contributed by atoms with van der Waals surface area (Å²) in [5.41, 5.74) is 0. The average Bonchev–Trinajstić information content (AvgIpc) is 0.469. The Kier molecular flexibility index (Phi) is 0.731. The standard InChI is InChI=1S/6FH.H3N.Nb.3O/h6*1H;1H3;;;;/q;;;;;;;+6;;;-1/p-5. The molecule has 0 radical (unpaired) electrons. The van der Waals surface area contributed by atoms with Crippen molar-refractivity contribution in [2.75, 3.05) is 0 Å². The van der Waals surface area contributed by atoms with Gasteiger partial charge in [0.15, 0.2) is 0 Å². The second kappa shape index (κ2) is 0.599. The molecule has 0 aliphatic carbocycles. The van der Waals surface area contributed by atoms with Crippen LogP contribution in [-0.4, -0.2) is 0 Å². The van der Waals surface area contributed by atoms with Crippen LogP contribution in [0.3, 0.4) is 0 Å². The van der Waals surface area contributed by atoms with Gasteiger partial charge >= 0.3 is 42.5 Å². The molecule has 4 N–H and O–H groups in total. The molecule has 0 aliphatic heterocycles. The van der Waals surface area contributed by atoms with Crippen molar-refractivity contribution in [1.29, 1.82) is 0 Å². The van der Waals surface area contributed by atoms with Gasteiger partial charge < -0.3 is 6.15 Å². The van der Waals surface area contributed by atoms with Crippen LogP contribution in [0.4, 0.5) is 18.1 Å². The second-order valence-corrected chi connectivity index (χ2v) is 14.3. The summed E-state index contributed by atoms with van der Waals surface area (Å²) in [5.74, 6) is 0. The van der Waals surface area contributed by atoms with Crippen LogP contribution >= 0.6 is 0 Å². The van der Waals surface area contributed by atoms with Crippen LogP contribution in [-0.2, 0) is 20.7 Å². The van der Waals surface area contributed by atoms with Gasteiger partial charge in [0.25, 0.3) is 0 Å². The molecule has 0 aromatic carbocycles. The van der Waals surface area contributed by atoms with Crippen LogP contribution in [0.15, 0.2) is 0 Å². The van der Waals surface area contributed by atoms with Gasteiger partial charge in [0, 0.05) is 0 Å². The van der Waals surface area contributed by atoms with Gasteiger partial charge in [-0.15, -0.1) is 0 Å². The van der Waals surface area contributed by atoms with Gasteiger partial charge in [-0.1, -0.05) is 0 Å². The Balaban J connectivity index is 0. The fourth-order valence-corrected chi connectivity index (χ4v) is 0. The zero-order valence-electron chi connectivity index (χ0n) is 4.94. The molecule has 0 fully saturated rings. The minimum atomic E-state index is -16.6. The maximum absolute atomic E-state index is 16.6. The molecule has 0 aliphatic rings. The van der Waals surface area contributed by atoms with E-state index >= 15 is 0 Å². The summed E-state index contributed by atoms with van der Waals surface area (Å²) in [7, 11) is 0. The molecule has 0 heterocycles. The molecule has 0 aromatic heterocycles. The van der Waals surface area contributed by atoms with Crippen molar-refractivity contribution in [3.05, 3.63) is 0 Å². The normalized spacial score (nSPS) is 31.7.